The Kier molecular flexibility index (Phi) is 5.90. The fraction of sp³-hybridized carbons (Fsp3) is 0.450. The van der Waals surface area contributed by atoms with Crippen LogP contribution in [0.25, 0.3) is 0 Å². The highest BCUT2D eigenvalue weighted by molar-refractivity contribution is 5.93. The summed E-state index contributed by atoms with van der Waals surface area (Å²) >= 11 is 0. The summed E-state index contributed by atoms with van der Waals surface area (Å²) in [5.41, 5.74) is 1.62. The molecule has 0 aliphatic heterocycles. The van der Waals surface area contributed by atoms with Crippen molar-refractivity contribution in [2.45, 2.75) is 51.6 Å². The number of anilines is 1. The first kappa shape index (κ1) is 18.0. The molecule has 1 unspecified atom stereocenters. The maximum absolute atomic E-state index is 12.3. The molecule has 1 saturated carbocycles. The number of ether oxygens (including phenoxy) is 1. The lowest BCUT2D eigenvalue weighted by Gasteiger charge is -2.20. The number of carbonyl (C=O) groups is 1. The number of benzene rings is 1. The van der Waals surface area contributed by atoms with Gasteiger partial charge < -0.3 is 10.1 Å². The number of hydrogen-bond donors (Lipinski definition) is 2. The molecule has 26 heavy (non-hydrogen) atoms. The van der Waals surface area contributed by atoms with E-state index in [4.69, 9.17) is 10.00 Å². The van der Waals surface area contributed by atoms with Crippen LogP contribution in [-0.2, 0) is 11.2 Å². The van der Waals surface area contributed by atoms with Gasteiger partial charge >= 0.3 is 0 Å². The zero-order chi connectivity index (χ0) is 18.4. The van der Waals surface area contributed by atoms with Crippen LogP contribution in [0.3, 0.4) is 0 Å². The molecule has 136 valence electrons. The third-order valence-corrected chi connectivity index (χ3v) is 4.78. The topological polar surface area (TPSA) is 90.8 Å². The van der Waals surface area contributed by atoms with Gasteiger partial charge in [-0.15, -0.1) is 0 Å². The molecular formula is C20H24N4O2. The summed E-state index contributed by atoms with van der Waals surface area (Å²) in [6.07, 6.45) is 6.84. The van der Waals surface area contributed by atoms with Gasteiger partial charge in [-0.2, -0.15) is 10.4 Å². The Balaban J connectivity index is 1.51. The summed E-state index contributed by atoms with van der Waals surface area (Å²) in [5, 5.41) is 18.8. The van der Waals surface area contributed by atoms with Crippen LogP contribution in [0.5, 0.6) is 5.75 Å². The molecule has 0 saturated heterocycles. The van der Waals surface area contributed by atoms with Crippen LogP contribution in [0, 0.1) is 17.2 Å². The number of nitrogens with one attached hydrogen (secondary N) is 2. The maximum atomic E-state index is 12.3. The molecule has 1 atom stereocenters. The predicted octanol–water partition coefficient (Wildman–Crippen LogP) is 3.81. The van der Waals surface area contributed by atoms with Gasteiger partial charge in [0, 0.05) is 11.8 Å². The van der Waals surface area contributed by atoms with Crippen molar-refractivity contribution in [1.29, 1.82) is 5.26 Å². The molecule has 1 amide bonds. The Hall–Kier alpha value is -2.81. The summed E-state index contributed by atoms with van der Waals surface area (Å²) in [4.78, 5) is 12.3. The molecule has 1 aromatic carbocycles. The zero-order valence-electron chi connectivity index (χ0n) is 15.0. The van der Waals surface area contributed by atoms with E-state index in [-0.39, 0.29) is 5.91 Å². The van der Waals surface area contributed by atoms with Crippen LogP contribution in [0.15, 0.2) is 30.3 Å². The number of carbonyl (C=O) groups excluding carboxylic acids is 1. The van der Waals surface area contributed by atoms with Gasteiger partial charge in [-0.3, -0.25) is 9.89 Å². The SMILES string of the molecule is CC(Oc1ccc(C#N)cc1)C(=O)Nc1cc(CC2CCCCC2)[nH]n1. The highest BCUT2D eigenvalue weighted by Gasteiger charge is 2.18. The molecular weight excluding hydrogens is 328 g/mol. The van der Waals surface area contributed by atoms with E-state index in [1.54, 1.807) is 31.2 Å². The number of amides is 1. The predicted molar refractivity (Wildman–Crippen MR) is 98.7 cm³/mol. The van der Waals surface area contributed by atoms with E-state index in [0.29, 0.717) is 23.0 Å². The number of nitriles is 1. The lowest BCUT2D eigenvalue weighted by molar-refractivity contribution is -0.122. The minimum absolute atomic E-state index is 0.259. The second-order valence-electron chi connectivity index (χ2n) is 6.87. The molecule has 0 spiro atoms. The standard InChI is InChI=1S/C20H24N4O2/c1-14(26-18-9-7-16(13-21)8-10-18)20(25)22-19-12-17(23-24-19)11-15-5-3-2-4-6-15/h7-10,12,14-15H,2-6,11H2,1H3,(H2,22,23,24,25). The summed E-state index contributed by atoms with van der Waals surface area (Å²) < 4.78 is 5.62. The zero-order valence-corrected chi connectivity index (χ0v) is 15.0. The average molecular weight is 352 g/mol. The monoisotopic (exact) mass is 352 g/mol. The van der Waals surface area contributed by atoms with Gasteiger partial charge in [-0.05, 0) is 43.5 Å². The smallest absolute Gasteiger partial charge is 0.266 e. The third-order valence-electron chi connectivity index (χ3n) is 4.78. The minimum Gasteiger partial charge on any atom is -0.481 e. The minimum atomic E-state index is -0.665. The van der Waals surface area contributed by atoms with E-state index in [1.807, 2.05) is 12.1 Å². The van der Waals surface area contributed by atoms with Crippen LogP contribution in [0.1, 0.15) is 50.3 Å². The first-order chi connectivity index (χ1) is 12.6. The quantitative estimate of drug-likeness (QED) is 0.827. The van der Waals surface area contributed by atoms with Gasteiger partial charge in [-0.1, -0.05) is 32.1 Å². The number of nitrogens with zero attached hydrogens (tertiary/aromatic N) is 2. The second kappa shape index (κ2) is 8.52. The van der Waals surface area contributed by atoms with Crippen LogP contribution < -0.4 is 10.1 Å². The van der Waals surface area contributed by atoms with E-state index in [9.17, 15) is 4.79 Å². The average Bonchev–Trinajstić information content (AvgIpc) is 3.10. The van der Waals surface area contributed by atoms with E-state index in [1.165, 1.54) is 32.1 Å². The van der Waals surface area contributed by atoms with Gasteiger partial charge in [0.05, 0.1) is 11.6 Å². The molecule has 0 bridgehead atoms. The highest BCUT2D eigenvalue weighted by atomic mass is 16.5. The molecule has 1 fully saturated rings. The molecule has 3 rings (SSSR count). The van der Waals surface area contributed by atoms with Crippen molar-refractivity contribution in [3.8, 4) is 11.8 Å². The third kappa shape index (κ3) is 4.85. The van der Waals surface area contributed by atoms with E-state index < -0.39 is 6.10 Å². The summed E-state index contributed by atoms with van der Waals surface area (Å²) in [7, 11) is 0. The Morgan fingerprint density at radius 1 is 1.35 bits per heavy atom. The van der Waals surface area contributed by atoms with Gasteiger partial charge in [-0.25, -0.2) is 0 Å². The van der Waals surface area contributed by atoms with Crippen molar-refractivity contribution in [3.05, 3.63) is 41.6 Å². The molecule has 2 aromatic rings. The van der Waals surface area contributed by atoms with E-state index in [2.05, 4.69) is 15.5 Å². The fourth-order valence-electron chi connectivity index (χ4n) is 3.33. The molecule has 1 aliphatic carbocycles. The van der Waals surface area contributed by atoms with Gasteiger partial charge in [0.25, 0.3) is 5.91 Å². The normalized spacial score (nSPS) is 15.8. The van der Waals surface area contributed by atoms with Crippen LogP contribution in [0.2, 0.25) is 0 Å². The van der Waals surface area contributed by atoms with Crippen LogP contribution >= 0.6 is 0 Å². The van der Waals surface area contributed by atoms with E-state index >= 15 is 0 Å². The molecule has 2 N–H and O–H groups in total. The number of H-pyrrole nitrogens is 1. The number of hydrogen-bond acceptors (Lipinski definition) is 4. The van der Waals surface area contributed by atoms with Gasteiger partial charge in [0.15, 0.2) is 11.9 Å². The van der Waals surface area contributed by atoms with Crippen molar-refractivity contribution >= 4 is 11.7 Å². The van der Waals surface area contributed by atoms with Crippen molar-refractivity contribution in [1.82, 2.24) is 10.2 Å². The molecule has 1 heterocycles. The molecule has 1 aliphatic rings. The lowest BCUT2D eigenvalue weighted by atomic mass is 9.86. The van der Waals surface area contributed by atoms with Gasteiger partial charge in [0.1, 0.15) is 5.75 Å². The van der Waals surface area contributed by atoms with Crippen molar-refractivity contribution in [3.63, 3.8) is 0 Å². The Bertz CT molecular complexity index is 770. The Morgan fingerprint density at radius 3 is 2.77 bits per heavy atom. The summed E-state index contributed by atoms with van der Waals surface area (Å²) in [6.45, 7) is 1.68. The second-order valence-corrected chi connectivity index (χ2v) is 6.87. The van der Waals surface area contributed by atoms with Gasteiger partial charge in [0.2, 0.25) is 0 Å². The lowest BCUT2D eigenvalue weighted by Crippen LogP contribution is -2.30. The highest BCUT2D eigenvalue weighted by Crippen LogP contribution is 2.26. The molecule has 6 heteroatoms. The van der Waals surface area contributed by atoms with E-state index in [0.717, 1.165) is 12.1 Å². The number of aromatic nitrogens is 2. The first-order valence-corrected chi connectivity index (χ1v) is 9.16. The molecule has 0 radical (unpaired) electrons. The number of rotatable bonds is 6. The fourth-order valence-corrected chi connectivity index (χ4v) is 3.33. The summed E-state index contributed by atoms with van der Waals surface area (Å²) in [5.74, 6) is 1.53. The Labute approximate surface area is 153 Å². The Morgan fingerprint density at radius 2 is 2.08 bits per heavy atom. The first-order valence-electron chi connectivity index (χ1n) is 9.16. The largest absolute Gasteiger partial charge is 0.481 e. The molecule has 1 aromatic heterocycles. The summed E-state index contributed by atoms with van der Waals surface area (Å²) in [6, 6.07) is 10.6. The van der Waals surface area contributed by atoms with Crippen LogP contribution in [0.4, 0.5) is 5.82 Å². The number of aromatic amines is 1. The maximum Gasteiger partial charge on any atom is 0.266 e. The van der Waals surface area contributed by atoms with Crippen molar-refractivity contribution in [2.75, 3.05) is 5.32 Å². The molecule has 6 nitrogen and oxygen atoms in total. The van der Waals surface area contributed by atoms with Crippen molar-refractivity contribution in [2.24, 2.45) is 5.92 Å². The van der Waals surface area contributed by atoms with Crippen molar-refractivity contribution < 1.29 is 9.53 Å². The van der Waals surface area contributed by atoms with Crippen LogP contribution in [-0.4, -0.2) is 22.2 Å².